The number of hydrogen-bond donors (Lipinski definition) is 1. The van der Waals surface area contributed by atoms with Crippen molar-refractivity contribution in [3.8, 4) is 11.1 Å². The van der Waals surface area contributed by atoms with Crippen molar-refractivity contribution in [2.75, 3.05) is 5.73 Å². The van der Waals surface area contributed by atoms with Crippen LogP contribution in [0.25, 0.3) is 11.1 Å². The van der Waals surface area contributed by atoms with Gasteiger partial charge >= 0.3 is 5.97 Å². The monoisotopic (exact) mass is 329 g/mol. The molecule has 0 aliphatic carbocycles. The number of esters is 1. The normalized spacial score (nSPS) is 10.8. The maximum atomic E-state index is 12.2. The van der Waals surface area contributed by atoms with Crippen LogP contribution in [0.2, 0.25) is 10.0 Å². The summed E-state index contributed by atoms with van der Waals surface area (Å²) in [7, 11) is 0. The molecule has 2 N–H and O–H groups in total. The lowest BCUT2D eigenvalue weighted by Gasteiger charge is -2.11. The Morgan fingerprint density at radius 3 is 2.65 bits per heavy atom. The Balaban J connectivity index is 2.54. The van der Waals surface area contributed by atoms with Gasteiger partial charge in [-0.1, -0.05) is 35.3 Å². The standard InChI is InChI=1S/C14H13Cl2NO2S/c1-7(2)19-14(18)11-9(6-20-13(11)17)8-4-3-5-10(15)12(8)16/h3-7H,17H2,1-2H3. The summed E-state index contributed by atoms with van der Waals surface area (Å²) in [6.07, 6.45) is -0.218. The third-order valence-corrected chi connectivity index (χ3v) is 4.24. The van der Waals surface area contributed by atoms with Crippen LogP contribution >= 0.6 is 34.5 Å². The van der Waals surface area contributed by atoms with Gasteiger partial charge in [0.05, 0.1) is 16.1 Å². The first-order chi connectivity index (χ1) is 9.41. The van der Waals surface area contributed by atoms with Gasteiger partial charge in [0.25, 0.3) is 0 Å². The lowest BCUT2D eigenvalue weighted by Crippen LogP contribution is -2.13. The predicted octanol–water partition coefficient (Wildman–Crippen LogP) is 4.87. The Morgan fingerprint density at radius 1 is 1.30 bits per heavy atom. The van der Waals surface area contributed by atoms with E-state index in [9.17, 15) is 4.79 Å². The zero-order chi connectivity index (χ0) is 14.9. The molecule has 3 nitrogen and oxygen atoms in total. The zero-order valence-corrected chi connectivity index (χ0v) is 13.3. The van der Waals surface area contributed by atoms with Gasteiger partial charge in [-0.15, -0.1) is 11.3 Å². The largest absolute Gasteiger partial charge is 0.459 e. The van der Waals surface area contributed by atoms with E-state index in [0.717, 1.165) is 0 Å². The first-order valence-electron chi connectivity index (χ1n) is 5.94. The summed E-state index contributed by atoms with van der Waals surface area (Å²) in [5, 5.41) is 3.01. The molecule has 0 radical (unpaired) electrons. The lowest BCUT2D eigenvalue weighted by atomic mass is 10.0. The van der Waals surface area contributed by atoms with Gasteiger partial charge in [-0.3, -0.25) is 0 Å². The first kappa shape index (κ1) is 15.2. The van der Waals surface area contributed by atoms with Crippen LogP contribution in [0.3, 0.4) is 0 Å². The average Bonchev–Trinajstić information content (AvgIpc) is 2.73. The minimum Gasteiger partial charge on any atom is -0.459 e. The fraction of sp³-hybridized carbons (Fsp3) is 0.214. The molecule has 0 atom stereocenters. The molecule has 0 saturated carbocycles. The van der Waals surface area contributed by atoms with E-state index in [4.69, 9.17) is 33.7 Å². The van der Waals surface area contributed by atoms with Crippen molar-refractivity contribution in [2.24, 2.45) is 0 Å². The van der Waals surface area contributed by atoms with Gasteiger partial charge in [0.1, 0.15) is 10.6 Å². The average molecular weight is 330 g/mol. The van der Waals surface area contributed by atoms with Gasteiger partial charge in [-0.25, -0.2) is 4.79 Å². The number of benzene rings is 1. The summed E-state index contributed by atoms with van der Waals surface area (Å²) in [5.74, 6) is -0.454. The van der Waals surface area contributed by atoms with Gasteiger partial charge < -0.3 is 10.5 Å². The van der Waals surface area contributed by atoms with Crippen LogP contribution in [0.15, 0.2) is 23.6 Å². The molecule has 1 heterocycles. The molecule has 0 fully saturated rings. The number of carbonyl (C=O) groups is 1. The highest BCUT2D eigenvalue weighted by atomic mass is 35.5. The van der Waals surface area contributed by atoms with E-state index >= 15 is 0 Å². The van der Waals surface area contributed by atoms with Gasteiger partial charge in [0, 0.05) is 16.5 Å². The molecular formula is C14H13Cl2NO2S. The molecule has 1 aromatic carbocycles. The van der Waals surface area contributed by atoms with Crippen molar-refractivity contribution in [3.63, 3.8) is 0 Å². The summed E-state index contributed by atoms with van der Waals surface area (Å²) in [4.78, 5) is 12.2. The van der Waals surface area contributed by atoms with Crippen LogP contribution < -0.4 is 5.73 Å². The van der Waals surface area contributed by atoms with Crippen molar-refractivity contribution in [3.05, 3.63) is 39.2 Å². The molecule has 20 heavy (non-hydrogen) atoms. The molecule has 0 spiro atoms. The number of ether oxygens (including phenoxy) is 1. The van der Waals surface area contributed by atoms with Gasteiger partial charge in [0.15, 0.2) is 0 Å². The Hall–Kier alpha value is -1.23. The smallest absolute Gasteiger partial charge is 0.342 e. The van der Waals surface area contributed by atoms with Gasteiger partial charge in [-0.05, 0) is 19.9 Å². The molecule has 2 aromatic rings. The number of thiophene rings is 1. The Morgan fingerprint density at radius 2 is 2.00 bits per heavy atom. The number of hydrogen-bond acceptors (Lipinski definition) is 4. The first-order valence-corrected chi connectivity index (χ1v) is 7.57. The molecule has 0 aliphatic rings. The van der Waals surface area contributed by atoms with E-state index in [2.05, 4.69) is 0 Å². The molecule has 0 saturated heterocycles. The second-order valence-electron chi connectivity index (χ2n) is 4.44. The molecular weight excluding hydrogens is 317 g/mol. The number of halogens is 2. The summed E-state index contributed by atoms with van der Waals surface area (Å²) in [5.41, 5.74) is 7.54. The van der Waals surface area contributed by atoms with E-state index in [1.807, 2.05) is 0 Å². The Bertz CT molecular complexity index is 653. The molecule has 0 unspecified atom stereocenters. The fourth-order valence-corrected chi connectivity index (χ4v) is 2.97. The van der Waals surface area contributed by atoms with E-state index in [-0.39, 0.29) is 6.10 Å². The summed E-state index contributed by atoms with van der Waals surface area (Å²) >= 11 is 13.5. The van der Waals surface area contributed by atoms with Crippen LogP contribution in [0, 0.1) is 0 Å². The Labute approximate surface area is 131 Å². The van der Waals surface area contributed by atoms with Crippen molar-refractivity contribution in [2.45, 2.75) is 20.0 Å². The maximum Gasteiger partial charge on any atom is 0.342 e. The lowest BCUT2D eigenvalue weighted by molar-refractivity contribution is 0.0380. The highest BCUT2D eigenvalue weighted by Gasteiger charge is 2.22. The second kappa shape index (κ2) is 6.04. The molecule has 0 aliphatic heterocycles. The fourth-order valence-electron chi connectivity index (χ4n) is 1.77. The van der Waals surface area contributed by atoms with E-state index in [1.54, 1.807) is 37.4 Å². The number of rotatable bonds is 3. The number of nitrogens with two attached hydrogens (primary N) is 1. The van der Waals surface area contributed by atoms with E-state index in [1.165, 1.54) is 11.3 Å². The Kier molecular flexibility index (Phi) is 4.58. The highest BCUT2D eigenvalue weighted by Crippen LogP contribution is 2.40. The van der Waals surface area contributed by atoms with Gasteiger partial charge in [0.2, 0.25) is 0 Å². The molecule has 2 rings (SSSR count). The minimum atomic E-state index is -0.454. The van der Waals surface area contributed by atoms with Crippen LogP contribution in [-0.4, -0.2) is 12.1 Å². The number of anilines is 1. The summed E-state index contributed by atoms with van der Waals surface area (Å²) < 4.78 is 5.22. The molecule has 6 heteroatoms. The van der Waals surface area contributed by atoms with E-state index in [0.29, 0.717) is 31.7 Å². The molecule has 0 amide bonds. The third kappa shape index (κ3) is 2.92. The number of carbonyl (C=O) groups excluding carboxylic acids is 1. The molecule has 106 valence electrons. The van der Waals surface area contributed by atoms with Crippen molar-refractivity contribution in [1.29, 1.82) is 0 Å². The van der Waals surface area contributed by atoms with Gasteiger partial charge in [-0.2, -0.15) is 0 Å². The summed E-state index contributed by atoms with van der Waals surface area (Å²) in [6.45, 7) is 3.57. The van der Waals surface area contributed by atoms with Crippen LogP contribution in [0.5, 0.6) is 0 Å². The van der Waals surface area contributed by atoms with E-state index < -0.39 is 5.97 Å². The SMILES string of the molecule is CC(C)OC(=O)c1c(-c2cccc(Cl)c2Cl)csc1N. The van der Waals surface area contributed by atoms with Crippen LogP contribution in [0.1, 0.15) is 24.2 Å². The molecule has 1 aromatic heterocycles. The quantitative estimate of drug-likeness (QED) is 0.817. The van der Waals surface area contributed by atoms with Crippen LogP contribution in [-0.2, 0) is 4.74 Å². The molecule has 0 bridgehead atoms. The number of nitrogen functional groups attached to an aromatic ring is 1. The van der Waals surface area contributed by atoms with Crippen molar-refractivity contribution >= 4 is 45.5 Å². The minimum absolute atomic E-state index is 0.218. The second-order valence-corrected chi connectivity index (χ2v) is 6.14. The predicted molar refractivity (Wildman–Crippen MR) is 84.7 cm³/mol. The van der Waals surface area contributed by atoms with Crippen molar-refractivity contribution < 1.29 is 9.53 Å². The summed E-state index contributed by atoms with van der Waals surface area (Å²) in [6, 6.07) is 5.26. The van der Waals surface area contributed by atoms with Crippen LogP contribution in [0.4, 0.5) is 5.00 Å². The highest BCUT2D eigenvalue weighted by molar-refractivity contribution is 7.15. The third-order valence-electron chi connectivity index (χ3n) is 2.61. The maximum absolute atomic E-state index is 12.2. The zero-order valence-electron chi connectivity index (χ0n) is 10.9. The topological polar surface area (TPSA) is 52.3 Å². The van der Waals surface area contributed by atoms with Crippen molar-refractivity contribution in [1.82, 2.24) is 0 Å².